The summed E-state index contributed by atoms with van der Waals surface area (Å²) >= 11 is 0. The van der Waals surface area contributed by atoms with Crippen molar-refractivity contribution < 1.29 is 28.6 Å². The predicted octanol–water partition coefficient (Wildman–Crippen LogP) is 19.9. The van der Waals surface area contributed by atoms with Crippen molar-refractivity contribution in [1.82, 2.24) is 0 Å². The van der Waals surface area contributed by atoms with Crippen molar-refractivity contribution >= 4 is 17.9 Å². The summed E-state index contributed by atoms with van der Waals surface area (Å²) in [7, 11) is 0. The molecule has 6 nitrogen and oxygen atoms in total. The Morgan fingerprint density at radius 1 is 0.300 bits per heavy atom. The van der Waals surface area contributed by atoms with E-state index >= 15 is 0 Å². The molecule has 0 saturated heterocycles. The fraction of sp³-hybridized carbons (Fsp3) is 0.734. The number of unbranched alkanes of at least 4 members (excludes halogenated alkanes) is 28. The maximum Gasteiger partial charge on any atom is 0.306 e. The molecule has 0 aromatic rings. The lowest BCUT2D eigenvalue weighted by Crippen LogP contribution is -2.30. The fourth-order valence-corrected chi connectivity index (χ4v) is 8.25. The van der Waals surface area contributed by atoms with Crippen LogP contribution in [0.3, 0.4) is 0 Å². The lowest BCUT2D eigenvalue weighted by atomic mass is 10.0. The molecule has 0 radical (unpaired) electrons. The van der Waals surface area contributed by atoms with E-state index in [0.29, 0.717) is 19.3 Å². The Morgan fingerprint density at radius 3 is 0.871 bits per heavy atom. The highest BCUT2D eigenvalue weighted by Gasteiger charge is 2.19. The molecule has 0 saturated carbocycles. The Morgan fingerprint density at radius 2 is 0.557 bits per heavy atom. The summed E-state index contributed by atoms with van der Waals surface area (Å²) in [6, 6.07) is 0. The number of carbonyl (C=O) groups excluding carboxylic acids is 3. The Balaban J connectivity index is 4.14. The van der Waals surface area contributed by atoms with E-state index in [0.717, 1.165) is 109 Å². The number of ether oxygens (including phenoxy) is 3. The second-order valence-corrected chi connectivity index (χ2v) is 19.5. The zero-order valence-corrected chi connectivity index (χ0v) is 46.0. The number of hydrogen-bond acceptors (Lipinski definition) is 6. The molecule has 0 aliphatic carbocycles. The molecule has 0 aromatic carbocycles. The van der Waals surface area contributed by atoms with Gasteiger partial charge < -0.3 is 14.2 Å². The molecule has 402 valence electrons. The van der Waals surface area contributed by atoms with E-state index in [2.05, 4.69) is 106 Å². The Hall–Kier alpha value is -3.41. The molecule has 0 rings (SSSR count). The SMILES string of the molecule is CC/C=C\C/C=C\C/C=C\C/C=C\C/C=C\C/C=C\C/C=C\CCCCCCCCCCCC(=O)OCC(COC(=O)CCCCCCCCCCC)OC(=O)CCCCCCCCCCCCCC. The number of esters is 3. The molecule has 70 heavy (non-hydrogen) atoms. The first-order valence-electron chi connectivity index (χ1n) is 29.6. The lowest BCUT2D eigenvalue weighted by Gasteiger charge is -2.18. The van der Waals surface area contributed by atoms with Crippen LogP contribution < -0.4 is 0 Å². The smallest absolute Gasteiger partial charge is 0.306 e. The van der Waals surface area contributed by atoms with Gasteiger partial charge in [-0.1, -0.05) is 273 Å². The summed E-state index contributed by atoms with van der Waals surface area (Å²) in [5.41, 5.74) is 0. The molecule has 6 heteroatoms. The third-order valence-electron chi connectivity index (χ3n) is 12.7. The van der Waals surface area contributed by atoms with Crippen LogP contribution in [0.15, 0.2) is 85.1 Å². The molecule has 1 atom stereocenters. The normalized spacial score (nSPS) is 12.7. The summed E-state index contributed by atoms with van der Waals surface area (Å²) in [5, 5.41) is 0. The van der Waals surface area contributed by atoms with E-state index in [1.54, 1.807) is 0 Å². The molecule has 0 aromatic heterocycles. The van der Waals surface area contributed by atoms with Crippen molar-refractivity contribution in [2.45, 2.75) is 290 Å². The highest BCUT2D eigenvalue weighted by atomic mass is 16.6. The summed E-state index contributed by atoms with van der Waals surface area (Å²) in [5.74, 6) is -0.876. The van der Waals surface area contributed by atoms with Crippen LogP contribution in [-0.4, -0.2) is 37.2 Å². The Kier molecular flexibility index (Phi) is 55.3. The zero-order valence-electron chi connectivity index (χ0n) is 46.0. The maximum atomic E-state index is 12.8. The van der Waals surface area contributed by atoms with Crippen molar-refractivity contribution in [3.05, 3.63) is 85.1 Å². The monoisotopic (exact) mass is 975 g/mol. The van der Waals surface area contributed by atoms with Crippen LogP contribution in [0, 0.1) is 0 Å². The minimum Gasteiger partial charge on any atom is -0.462 e. The van der Waals surface area contributed by atoms with Crippen molar-refractivity contribution in [2.75, 3.05) is 13.2 Å². The van der Waals surface area contributed by atoms with Gasteiger partial charge in [0.25, 0.3) is 0 Å². The second kappa shape index (κ2) is 58.2. The topological polar surface area (TPSA) is 78.9 Å². The number of carbonyl (C=O) groups is 3. The van der Waals surface area contributed by atoms with Gasteiger partial charge in [-0.3, -0.25) is 14.4 Å². The van der Waals surface area contributed by atoms with Gasteiger partial charge in [0.05, 0.1) is 0 Å². The number of allylic oxidation sites excluding steroid dienone is 14. The molecule has 0 heterocycles. The fourth-order valence-electron chi connectivity index (χ4n) is 8.25. The first-order valence-corrected chi connectivity index (χ1v) is 29.6. The van der Waals surface area contributed by atoms with Crippen molar-refractivity contribution in [3.8, 4) is 0 Å². The molecule has 0 N–H and O–H groups in total. The van der Waals surface area contributed by atoms with Gasteiger partial charge in [0.15, 0.2) is 6.10 Å². The molecule has 0 spiro atoms. The highest BCUT2D eigenvalue weighted by Crippen LogP contribution is 2.16. The number of rotatable bonds is 53. The standard InChI is InChI=1S/C64H110O6/c1-4-7-10-13-16-19-21-23-24-25-26-27-28-29-30-31-32-33-34-35-36-37-38-39-40-41-43-45-48-51-54-57-63(66)69-60-61(59-68-62(65)56-53-50-47-44-18-15-12-9-6-3)70-64(67)58-55-52-49-46-42-22-20-17-14-11-8-5-2/h7,10,16,19,23-24,26-27,29-30,32-33,35-36,61H,4-6,8-9,11-15,17-18,20-22,25,28,31,34,37-60H2,1-3H3/b10-7-,19-16-,24-23-,27-26-,30-29-,33-32-,36-35-. The minimum atomic E-state index is -0.773. The molecular weight excluding hydrogens is 865 g/mol. The van der Waals surface area contributed by atoms with Gasteiger partial charge >= 0.3 is 17.9 Å². The summed E-state index contributed by atoms with van der Waals surface area (Å²) in [4.78, 5) is 38.0. The van der Waals surface area contributed by atoms with Crippen LogP contribution in [0.5, 0.6) is 0 Å². The van der Waals surface area contributed by atoms with Crippen molar-refractivity contribution in [3.63, 3.8) is 0 Å². The predicted molar refractivity (Wildman–Crippen MR) is 302 cm³/mol. The minimum absolute atomic E-state index is 0.0739. The molecule has 0 amide bonds. The third kappa shape index (κ3) is 55.5. The van der Waals surface area contributed by atoms with Gasteiger partial charge in [-0.15, -0.1) is 0 Å². The lowest BCUT2D eigenvalue weighted by molar-refractivity contribution is -0.167. The average molecular weight is 976 g/mol. The second-order valence-electron chi connectivity index (χ2n) is 19.5. The van der Waals surface area contributed by atoms with Gasteiger partial charge in [-0.2, -0.15) is 0 Å². The molecule has 1 unspecified atom stereocenters. The first kappa shape index (κ1) is 66.6. The maximum absolute atomic E-state index is 12.8. The van der Waals surface area contributed by atoms with E-state index in [-0.39, 0.29) is 31.1 Å². The van der Waals surface area contributed by atoms with E-state index in [4.69, 9.17) is 14.2 Å². The van der Waals surface area contributed by atoms with Crippen LogP contribution in [0.25, 0.3) is 0 Å². The van der Waals surface area contributed by atoms with Crippen LogP contribution in [0.1, 0.15) is 284 Å². The van der Waals surface area contributed by atoms with E-state index in [1.807, 2.05) is 0 Å². The van der Waals surface area contributed by atoms with Gasteiger partial charge in [0.2, 0.25) is 0 Å². The molecule has 0 bridgehead atoms. The van der Waals surface area contributed by atoms with Gasteiger partial charge in [0, 0.05) is 19.3 Å². The molecular formula is C64H110O6. The number of hydrogen-bond donors (Lipinski definition) is 0. The van der Waals surface area contributed by atoms with Gasteiger partial charge in [-0.05, 0) is 77.0 Å². The molecule has 0 fully saturated rings. The Labute approximate surface area is 433 Å². The average Bonchev–Trinajstić information content (AvgIpc) is 3.36. The highest BCUT2D eigenvalue weighted by molar-refractivity contribution is 5.71. The van der Waals surface area contributed by atoms with Crippen LogP contribution in [-0.2, 0) is 28.6 Å². The van der Waals surface area contributed by atoms with E-state index in [1.165, 1.54) is 135 Å². The van der Waals surface area contributed by atoms with Gasteiger partial charge in [0.1, 0.15) is 13.2 Å². The van der Waals surface area contributed by atoms with E-state index in [9.17, 15) is 14.4 Å². The quantitative estimate of drug-likeness (QED) is 0.0261. The zero-order chi connectivity index (χ0) is 50.7. The van der Waals surface area contributed by atoms with Crippen molar-refractivity contribution in [1.29, 1.82) is 0 Å². The Bertz CT molecular complexity index is 1350. The summed E-state index contributed by atoms with van der Waals surface area (Å²) in [6.07, 6.45) is 75.9. The summed E-state index contributed by atoms with van der Waals surface area (Å²) in [6.45, 7) is 6.51. The largest absolute Gasteiger partial charge is 0.462 e. The van der Waals surface area contributed by atoms with E-state index < -0.39 is 6.10 Å². The molecule has 0 aliphatic rings. The summed E-state index contributed by atoms with van der Waals surface area (Å²) < 4.78 is 16.8. The van der Waals surface area contributed by atoms with Crippen LogP contribution in [0.4, 0.5) is 0 Å². The van der Waals surface area contributed by atoms with Crippen LogP contribution in [0.2, 0.25) is 0 Å². The third-order valence-corrected chi connectivity index (χ3v) is 12.7. The van der Waals surface area contributed by atoms with Gasteiger partial charge in [-0.25, -0.2) is 0 Å². The van der Waals surface area contributed by atoms with Crippen LogP contribution >= 0.6 is 0 Å². The van der Waals surface area contributed by atoms with Crippen molar-refractivity contribution in [2.24, 2.45) is 0 Å². The first-order chi connectivity index (χ1) is 34.5. The molecule has 0 aliphatic heterocycles.